The summed E-state index contributed by atoms with van der Waals surface area (Å²) in [5.74, 6) is 1.50. The highest BCUT2D eigenvalue weighted by Crippen LogP contribution is 2.38. The number of fused-ring (bicyclic) bond motifs is 1. The van der Waals surface area contributed by atoms with E-state index in [0.29, 0.717) is 5.92 Å². The van der Waals surface area contributed by atoms with E-state index < -0.39 is 0 Å². The van der Waals surface area contributed by atoms with Gasteiger partial charge in [0.25, 0.3) is 0 Å². The summed E-state index contributed by atoms with van der Waals surface area (Å²) in [5.41, 5.74) is 6.59. The minimum Gasteiger partial charge on any atom is -0.256 e. The average Bonchev–Trinajstić information content (AvgIpc) is 3.20. The fourth-order valence-corrected chi connectivity index (χ4v) is 4.69. The average molecular weight is 372 g/mol. The quantitative estimate of drug-likeness (QED) is 0.457. The van der Waals surface area contributed by atoms with Gasteiger partial charge in [0.05, 0.1) is 5.69 Å². The minimum absolute atomic E-state index is 0.140. The van der Waals surface area contributed by atoms with Gasteiger partial charge in [0.2, 0.25) is 0 Å². The zero-order valence-electron chi connectivity index (χ0n) is 18.0. The Morgan fingerprint density at radius 1 is 0.929 bits per heavy atom. The molecule has 2 aromatic carbocycles. The monoisotopic (exact) mass is 371 g/mol. The Balaban J connectivity index is 1.74. The molecule has 1 fully saturated rings. The van der Waals surface area contributed by atoms with Crippen molar-refractivity contribution >= 4 is 10.8 Å². The van der Waals surface area contributed by atoms with Crippen molar-refractivity contribution in [3.63, 3.8) is 0 Å². The van der Waals surface area contributed by atoms with E-state index in [1.807, 2.05) is 6.20 Å². The second-order valence-electron chi connectivity index (χ2n) is 9.85. The maximum absolute atomic E-state index is 4.79. The number of hydrogen-bond donors (Lipinski definition) is 0. The predicted octanol–water partition coefficient (Wildman–Crippen LogP) is 7.80. The van der Waals surface area contributed by atoms with Crippen LogP contribution < -0.4 is 0 Å². The summed E-state index contributed by atoms with van der Waals surface area (Å²) < 4.78 is 0. The van der Waals surface area contributed by atoms with Crippen molar-refractivity contribution in [1.29, 1.82) is 0 Å². The summed E-state index contributed by atoms with van der Waals surface area (Å²) in [6.45, 7) is 11.4. The highest BCUT2D eigenvalue weighted by molar-refractivity contribution is 5.86. The van der Waals surface area contributed by atoms with E-state index in [4.69, 9.17) is 4.98 Å². The van der Waals surface area contributed by atoms with Gasteiger partial charge in [-0.3, -0.25) is 4.98 Å². The molecule has 1 aromatic heterocycles. The molecule has 3 aromatic rings. The lowest BCUT2D eigenvalue weighted by Gasteiger charge is -2.21. The molecular formula is C27H33N. The zero-order valence-corrected chi connectivity index (χ0v) is 18.0. The summed E-state index contributed by atoms with van der Waals surface area (Å²) >= 11 is 0. The van der Waals surface area contributed by atoms with Gasteiger partial charge < -0.3 is 0 Å². The van der Waals surface area contributed by atoms with Gasteiger partial charge in [-0.05, 0) is 71.7 Å². The number of aryl methyl sites for hydroxylation is 1. The molecule has 0 amide bonds. The number of hydrogen-bond acceptors (Lipinski definition) is 1. The topological polar surface area (TPSA) is 12.9 Å². The number of rotatable bonds is 3. The molecular weight excluding hydrogens is 338 g/mol. The van der Waals surface area contributed by atoms with Crippen LogP contribution in [0.3, 0.4) is 0 Å². The summed E-state index contributed by atoms with van der Waals surface area (Å²) in [6, 6.07) is 16.1. The van der Waals surface area contributed by atoms with Gasteiger partial charge in [0.1, 0.15) is 0 Å². The van der Waals surface area contributed by atoms with Crippen molar-refractivity contribution < 1.29 is 0 Å². The van der Waals surface area contributed by atoms with Gasteiger partial charge in [-0.15, -0.1) is 0 Å². The highest BCUT2D eigenvalue weighted by atomic mass is 14.7. The molecule has 146 valence electrons. The number of aromatic nitrogens is 1. The molecule has 0 aliphatic heterocycles. The molecule has 28 heavy (non-hydrogen) atoms. The van der Waals surface area contributed by atoms with Crippen LogP contribution in [0.25, 0.3) is 22.0 Å². The molecule has 0 saturated heterocycles. The number of benzene rings is 2. The van der Waals surface area contributed by atoms with Crippen LogP contribution in [-0.2, 0) is 5.41 Å². The molecule has 0 radical (unpaired) electrons. The van der Waals surface area contributed by atoms with Crippen LogP contribution in [0.2, 0.25) is 0 Å². The van der Waals surface area contributed by atoms with Crippen LogP contribution in [0.5, 0.6) is 0 Å². The first-order valence-electron chi connectivity index (χ1n) is 10.8. The Morgan fingerprint density at radius 3 is 2.39 bits per heavy atom. The van der Waals surface area contributed by atoms with Crippen LogP contribution in [0, 0.1) is 12.8 Å². The molecule has 0 bridgehead atoms. The first kappa shape index (κ1) is 19.2. The van der Waals surface area contributed by atoms with Crippen LogP contribution >= 0.6 is 0 Å². The Kier molecular flexibility index (Phi) is 5.04. The normalized spacial score (nSPS) is 16.6. The molecule has 1 unspecified atom stereocenters. The maximum Gasteiger partial charge on any atom is 0.0708 e. The lowest BCUT2D eigenvalue weighted by atomic mass is 9.84. The summed E-state index contributed by atoms with van der Waals surface area (Å²) in [7, 11) is 0. The molecule has 1 aliphatic carbocycles. The molecule has 4 rings (SSSR count). The molecule has 1 nitrogen and oxygen atoms in total. The number of nitrogens with zero attached hydrogens (tertiary/aromatic N) is 1. The van der Waals surface area contributed by atoms with E-state index in [2.05, 4.69) is 77.1 Å². The van der Waals surface area contributed by atoms with Gasteiger partial charge in [0, 0.05) is 17.1 Å². The Hall–Kier alpha value is -2.15. The molecule has 1 heteroatoms. The Bertz CT molecular complexity index is 987. The lowest BCUT2D eigenvalue weighted by Crippen LogP contribution is -2.11. The van der Waals surface area contributed by atoms with Gasteiger partial charge in [-0.2, -0.15) is 0 Å². The van der Waals surface area contributed by atoms with Gasteiger partial charge >= 0.3 is 0 Å². The number of pyridine rings is 1. The third-order valence-electron chi connectivity index (χ3n) is 6.62. The van der Waals surface area contributed by atoms with Crippen molar-refractivity contribution in [1.82, 2.24) is 4.98 Å². The summed E-state index contributed by atoms with van der Waals surface area (Å²) in [6.07, 6.45) is 7.62. The van der Waals surface area contributed by atoms with E-state index in [0.717, 1.165) is 11.6 Å². The fraction of sp³-hybridized carbons (Fsp3) is 0.444. The lowest BCUT2D eigenvalue weighted by molar-refractivity contribution is 0.461. The Morgan fingerprint density at radius 2 is 1.68 bits per heavy atom. The Labute approximate surface area is 170 Å². The SMILES string of the molecule is Cc1cc(-c2cc3cc(C(C)C4CCCC4)ccc3cn2)cc(C(C)(C)C)c1. The highest BCUT2D eigenvalue weighted by Gasteiger charge is 2.23. The molecule has 1 aliphatic rings. The van der Waals surface area contributed by atoms with Crippen LogP contribution in [0.15, 0.2) is 48.7 Å². The van der Waals surface area contributed by atoms with E-state index in [9.17, 15) is 0 Å². The van der Waals surface area contributed by atoms with Crippen molar-refractivity contribution in [2.45, 2.75) is 71.6 Å². The van der Waals surface area contributed by atoms with E-state index in [1.165, 1.54) is 58.7 Å². The summed E-state index contributed by atoms with van der Waals surface area (Å²) in [5, 5.41) is 2.54. The molecule has 0 N–H and O–H groups in total. The second kappa shape index (κ2) is 7.35. The third-order valence-corrected chi connectivity index (χ3v) is 6.62. The zero-order chi connectivity index (χ0) is 19.9. The van der Waals surface area contributed by atoms with Gasteiger partial charge in [0.15, 0.2) is 0 Å². The molecule has 1 heterocycles. The first-order valence-corrected chi connectivity index (χ1v) is 10.8. The third kappa shape index (κ3) is 3.85. The van der Waals surface area contributed by atoms with Gasteiger partial charge in [-0.1, -0.05) is 70.4 Å². The second-order valence-corrected chi connectivity index (χ2v) is 9.85. The van der Waals surface area contributed by atoms with Crippen molar-refractivity contribution in [3.8, 4) is 11.3 Å². The van der Waals surface area contributed by atoms with E-state index in [1.54, 1.807) is 0 Å². The van der Waals surface area contributed by atoms with E-state index in [-0.39, 0.29) is 5.41 Å². The fourth-order valence-electron chi connectivity index (χ4n) is 4.69. The first-order chi connectivity index (χ1) is 13.3. The van der Waals surface area contributed by atoms with Crippen molar-refractivity contribution in [3.05, 3.63) is 65.4 Å². The smallest absolute Gasteiger partial charge is 0.0708 e. The maximum atomic E-state index is 4.79. The van der Waals surface area contributed by atoms with Gasteiger partial charge in [-0.25, -0.2) is 0 Å². The molecule has 1 saturated carbocycles. The minimum atomic E-state index is 0.140. The van der Waals surface area contributed by atoms with Crippen molar-refractivity contribution in [2.24, 2.45) is 5.92 Å². The standard InChI is InChI=1S/C27H33N/c1-18-12-24(15-25(13-18)27(3,4)5)26-16-23-14-21(10-11-22(23)17-28-26)19(2)20-8-6-7-9-20/h10-17,19-20H,6-9H2,1-5H3. The van der Waals surface area contributed by atoms with Crippen LogP contribution in [0.1, 0.15) is 76.0 Å². The van der Waals surface area contributed by atoms with Crippen LogP contribution in [-0.4, -0.2) is 4.98 Å². The van der Waals surface area contributed by atoms with E-state index >= 15 is 0 Å². The summed E-state index contributed by atoms with van der Waals surface area (Å²) in [4.78, 5) is 4.79. The molecule has 0 spiro atoms. The largest absolute Gasteiger partial charge is 0.256 e. The van der Waals surface area contributed by atoms with Crippen molar-refractivity contribution in [2.75, 3.05) is 0 Å². The predicted molar refractivity (Wildman–Crippen MR) is 121 cm³/mol. The van der Waals surface area contributed by atoms with Crippen LogP contribution in [0.4, 0.5) is 0 Å². The molecule has 1 atom stereocenters.